The lowest BCUT2D eigenvalue weighted by molar-refractivity contribution is -0.121. The Bertz CT molecular complexity index is 380. The average molecular weight is 236 g/mol. The van der Waals surface area contributed by atoms with Gasteiger partial charge in [-0.05, 0) is 18.4 Å². The molecule has 0 bridgehead atoms. The van der Waals surface area contributed by atoms with Gasteiger partial charge in [-0.2, -0.15) is 0 Å². The Labute approximate surface area is 100 Å². The highest BCUT2D eigenvalue weighted by atomic mass is 35.5. The molecule has 2 nitrogen and oxygen atoms in total. The molecule has 1 aliphatic carbocycles. The van der Waals surface area contributed by atoms with Crippen LogP contribution in [0.1, 0.15) is 23.8 Å². The van der Waals surface area contributed by atoms with E-state index in [4.69, 9.17) is 11.6 Å². The molecular weight excluding hydrogens is 222 g/mol. The first kappa shape index (κ1) is 11.2. The molecule has 0 aliphatic heterocycles. The van der Waals surface area contributed by atoms with E-state index in [1.54, 1.807) is 0 Å². The van der Waals surface area contributed by atoms with Gasteiger partial charge >= 0.3 is 0 Å². The molecule has 0 saturated heterocycles. The van der Waals surface area contributed by atoms with Crippen LogP contribution in [0.3, 0.4) is 0 Å². The van der Waals surface area contributed by atoms with Crippen molar-refractivity contribution in [1.29, 1.82) is 0 Å². The molecule has 2 rings (SSSR count). The third-order valence-electron chi connectivity index (χ3n) is 2.68. The van der Waals surface area contributed by atoms with E-state index in [-0.39, 0.29) is 11.9 Å². The standard InChI is InChI=1S/C13H14ClNO/c14-12(10-6-2-1-3-7-10)13(16)15-11-8-4-5-9-11/h1-7,11-12H,8-9H2,(H,15,16). The number of benzene rings is 1. The second-order valence-corrected chi connectivity index (χ2v) is 4.36. The van der Waals surface area contributed by atoms with Gasteiger partial charge in [0.05, 0.1) is 0 Å². The minimum Gasteiger partial charge on any atom is -0.351 e. The van der Waals surface area contributed by atoms with Gasteiger partial charge in [0.1, 0.15) is 5.38 Å². The van der Waals surface area contributed by atoms with Gasteiger partial charge in [-0.3, -0.25) is 4.79 Å². The molecule has 1 aromatic carbocycles. The van der Waals surface area contributed by atoms with Crippen molar-refractivity contribution in [2.45, 2.75) is 24.3 Å². The molecule has 0 saturated carbocycles. The predicted octanol–water partition coefficient (Wildman–Crippen LogP) is 2.80. The van der Waals surface area contributed by atoms with Crippen molar-refractivity contribution in [2.75, 3.05) is 0 Å². The van der Waals surface area contributed by atoms with Crippen LogP contribution in [0.2, 0.25) is 0 Å². The normalized spacial score (nSPS) is 17.3. The summed E-state index contributed by atoms with van der Waals surface area (Å²) in [5.74, 6) is -0.110. The fourth-order valence-electron chi connectivity index (χ4n) is 1.78. The van der Waals surface area contributed by atoms with E-state index < -0.39 is 5.38 Å². The molecule has 1 N–H and O–H groups in total. The largest absolute Gasteiger partial charge is 0.351 e. The van der Waals surface area contributed by atoms with E-state index in [2.05, 4.69) is 17.5 Å². The van der Waals surface area contributed by atoms with Crippen molar-refractivity contribution in [2.24, 2.45) is 0 Å². The zero-order valence-corrected chi connectivity index (χ0v) is 9.65. The fourth-order valence-corrected chi connectivity index (χ4v) is 1.99. The number of hydrogen-bond donors (Lipinski definition) is 1. The van der Waals surface area contributed by atoms with Crippen LogP contribution in [0.25, 0.3) is 0 Å². The molecule has 3 heteroatoms. The van der Waals surface area contributed by atoms with Crippen molar-refractivity contribution in [3.05, 3.63) is 48.0 Å². The number of nitrogens with one attached hydrogen (secondary N) is 1. The maximum atomic E-state index is 11.8. The minimum atomic E-state index is -0.596. The molecule has 0 radical (unpaired) electrons. The molecule has 1 amide bonds. The monoisotopic (exact) mass is 235 g/mol. The van der Waals surface area contributed by atoms with Gasteiger partial charge in [-0.1, -0.05) is 42.5 Å². The molecular formula is C13H14ClNO. The molecule has 0 fully saturated rings. The van der Waals surface area contributed by atoms with Crippen molar-refractivity contribution in [3.8, 4) is 0 Å². The number of carbonyl (C=O) groups excluding carboxylic acids is 1. The van der Waals surface area contributed by atoms with E-state index in [1.807, 2.05) is 30.3 Å². The van der Waals surface area contributed by atoms with Gasteiger partial charge in [0.2, 0.25) is 5.91 Å². The first-order chi connectivity index (χ1) is 7.77. The Kier molecular flexibility index (Phi) is 3.62. The molecule has 1 aromatic rings. The Morgan fingerprint density at radius 2 is 1.88 bits per heavy atom. The number of carbonyl (C=O) groups is 1. The van der Waals surface area contributed by atoms with E-state index in [1.165, 1.54) is 0 Å². The van der Waals surface area contributed by atoms with Gasteiger partial charge in [-0.15, -0.1) is 11.6 Å². The van der Waals surface area contributed by atoms with Gasteiger partial charge in [0, 0.05) is 6.04 Å². The molecule has 0 spiro atoms. The molecule has 16 heavy (non-hydrogen) atoms. The summed E-state index contributed by atoms with van der Waals surface area (Å²) < 4.78 is 0. The smallest absolute Gasteiger partial charge is 0.242 e. The summed E-state index contributed by atoms with van der Waals surface area (Å²) in [6, 6.07) is 9.63. The summed E-state index contributed by atoms with van der Waals surface area (Å²) in [7, 11) is 0. The summed E-state index contributed by atoms with van der Waals surface area (Å²) >= 11 is 6.10. The summed E-state index contributed by atoms with van der Waals surface area (Å²) in [5.41, 5.74) is 0.840. The zero-order chi connectivity index (χ0) is 11.4. The lowest BCUT2D eigenvalue weighted by Gasteiger charge is -2.15. The predicted molar refractivity (Wildman–Crippen MR) is 65.3 cm³/mol. The molecule has 1 unspecified atom stereocenters. The summed E-state index contributed by atoms with van der Waals surface area (Å²) in [5, 5.41) is 2.35. The van der Waals surface area contributed by atoms with Crippen molar-refractivity contribution < 1.29 is 4.79 Å². The summed E-state index contributed by atoms with van der Waals surface area (Å²) in [4.78, 5) is 11.8. The highest BCUT2D eigenvalue weighted by Gasteiger charge is 2.20. The van der Waals surface area contributed by atoms with Crippen molar-refractivity contribution in [1.82, 2.24) is 5.32 Å². The number of halogens is 1. The number of rotatable bonds is 3. The average Bonchev–Trinajstić information content (AvgIpc) is 2.82. The molecule has 1 aliphatic rings. The van der Waals surface area contributed by atoms with Gasteiger partial charge in [0.15, 0.2) is 0 Å². The maximum absolute atomic E-state index is 11.8. The first-order valence-electron chi connectivity index (χ1n) is 5.42. The van der Waals surface area contributed by atoms with Gasteiger partial charge < -0.3 is 5.32 Å². The summed E-state index contributed by atoms with van der Waals surface area (Å²) in [6.45, 7) is 0. The minimum absolute atomic E-state index is 0.110. The van der Waals surface area contributed by atoms with Crippen LogP contribution in [0.4, 0.5) is 0 Å². The fraction of sp³-hybridized carbons (Fsp3) is 0.308. The lowest BCUT2D eigenvalue weighted by Crippen LogP contribution is -2.35. The topological polar surface area (TPSA) is 29.1 Å². The van der Waals surface area contributed by atoms with E-state index in [0.29, 0.717) is 0 Å². The second-order valence-electron chi connectivity index (χ2n) is 3.92. The lowest BCUT2D eigenvalue weighted by atomic mass is 10.1. The molecule has 0 heterocycles. The number of alkyl halides is 1. The quantitative estimate of drug-likeness (QED) is 0.634. The second kappa shape index (κ2) is 5.17. The third kappa shape index (κ3) is 2.64. The highest BCUT2D eigenvalue weighted by molar-refractivity contribution is 6.30. The van der Waals surface area contributed by atoms with Gasteiger partial charge in [-0.25, -0.2) is 0 Å². The zero-order valence-electron chi connectivity index (χ0n) is 8.90. The van der Waals surface area contributed by atoms with E-state index >= 15 is 0 Å². The van der Waals surface area contributed by atoms with Crippen LogP contribution >= 0.6 is 11.6 Å². The van der Waals surface area contributed by atoms with Gasteiger partial charge in [0.25, 0.3) is 0 Å². The Morgan fingerprint density at radius 1 is 1.25 bits per heavy atom. The SMILES string of the molecule is O=C(NC1CC=CC1)C(Cl)c1ccccc1. The Balaban J connectivity index is 1.94. The van der Waals surface area contributed by atoms with Crippen LogP contribution in [-0.4, -0.2) is 11.9 Å². The third-order valence-corrected chi connectivity index (χ3v) is 3.13. The van der Waals surface area contributed by atoms with E-state index in [9.17, 15) is 4.79 Å². The molecule has 0 aromatic heterocycles. The van der Waals surface area contributed by atoms with Crippen molar-refractivity contribution in [3.63, 3.8) is 0 Å². The Morgan fingerprint density at radius 3 is 2.50 bits per heavy atom. The first-order valence-corrected chi connectivity index (χ1v) is 5.85. The van der Waals surface area contributed by atoms with Crippen LogP contribution in [0, 0.1) is 0 Å². The number of hydrogen-bond acceptors (Lipinski definition) is 1. The van der Waals surface area contributed by atoms with Crippen LogP contribution in [-0.2, 0) is 4.79 Å². The maximum Gasteiger partial charge on any atom is 0.242 e. The highest BCUT2D eigenvalue weighted by Crippen LogP contribution is 2.21. The van der Waals surface area contributed by atoms with E-state index in [0.717, 1.165) is 18.4 Å². The van der Waals surface area contributed by atoms with Crippen LogP contribution in [0.15, 0.2) is 42.5 Å². The Hall–Kier alpha value is -1.28. The van der Waals surface area contributed by atoms with Crippen LogP contribution < -0.4 is 5.32 Å². The number of amides is 1. The van der Waals surface area contributed by atoms with Crippen LogP contribution in [0.5, 0.6) is 0 Å². The van der Waals surface area contributed by atoms with Crippen molar-refractivity contribution >= 4 is 17.5 Å². The summed E-state index contributed by atoms with van der Waals surface area (Å²) in [6.07, 6.45) is 5.97. The molecule has 84 valence electrons. The molecule has 1 atom stereocenters.